The van der Waals surface area contributed by atoms with Gasteiger partial charge in [-0.3, -0.25) is 4.79 Å². The first kappa shape index (κ1) is 23.2. The lowest BCUT2D eigenvalue weighted by Crippen LogP contribution is -2.39. The zero-order valence-corrected chi connectivity index (χ0v) is 17.9. The van der Waals surface area contributed by atoms with Crippen LogP contribution < -0.4 is 15.0 Å². The lowest BCUT2D eigenvalue weighted by Gasteiger charge is -2.20. The van der Waals surface area contributed by atoms with Crippen LogP contribution in [0.1, 0.15) is 25.1 Å². The number of alkyl halides is 3. The van der Waals surface area contributed by atoms with Crippen LogP contribution in [0.15, 0.2) is 36.7 Å². The number of amides is 1. The smallest absolute Gasteiger partial charge is 0.451 e. The predicted molar refractivity (Wildman–Crippen MR) is 112 cm³/mol. The van der Waals surface area contributed by atoms with Crippen LogP contribution in [-0.4, -0.2) is 60.9 Å². The molecule has 3 heterocycles. The van der Waals surface area contributed by atoms with E-state index in [-0.39, 0.29) is 30.4 Å². The van der Waals surface area contributed by atoms with Gasteiger partial charge in [0.05, 0.1) is 25.1 Å². The monoisotopic (exact) mass is 466 g/mol. The van der Waals surface area contributed by atoms with E-state index in [1.165, 1.54) is 0 Å². The van der Waals surface area contributed by atoms with Crippen LogP contribution in [0.2, 0.25) is 0 Å². The van der Waals surface area contributed by atoms with E-state index in [0.29, 0.717) is 18.9 Å². The van der Waals surface area contributed by atoms with Crippen molar-refractivity contribution in [2.45, 2.75) is 37.6 Å². The van der Waals surface area contributed by atoms with Gasteiger partial charge in [0.1, 0.15) is 12.4 Å². The Morgan fingerprint density at radius 3 is 2.76 bits per heavy atom. The summed E-state index contributed by atoms with van der Waals surface area (Å²) in [6.07, 6.45) is 0.251. The van der Waals surface area contributed by atoms with E-state index in [0.717, 1.165) is 50.5 Å². The summed E-state index contributed by atoms with van der Waals surface area (Å²) in [7, 11) is 0. The first-order valence-corrected chi connectivity index (χ1v) is 10.8. The van der Waals surface area contributed by atoms with Crippen LogP contribution in [0, 0.1) is 0 Å². The SMILES string of the molecule is O=C(COCC1CCCO1)NC1CCN(c2cccc(Oc3cnc(C(F)(F)F)nc3)c2)C1. The number of nitrogens with one attached hydrogen (secondary N) is 1. The Morgan fingerprint density at radius 2 is 2.03 bits per heavy atom. The van der Waals surface area contributed by atoms with Crippen LogP contribution in [0.25, 0.3) is 0 Å². The van der Waals surface area contributed by atoms with Crippen molar-refractivity contribution in [2.24, 2.45) is 0 Å². The fourth-order valence-electron chi connectivity index (χ4n) is 3.84. The van der Waals surface area contributed by atoms with Crippen LogP contribution in [0.4, 0.5) is 18.9 Å². The second-order valence-corrected chi connectivity index (χ2v) is 7.99. The molecule has 178 valence electrons. The first-order chi connectivity index (χ1) is 15.9. The molecule has 0 spiro atoms. The highest BCUT2D eigenvalue weighted by atomic mass is 19.4. The normalized spacial score (nSPS) is 20.8. The van der Waals surface area contributed by atoms with Crippen molar-refractivity contribution in [3.63, 3.8) is 0 Å². The Bertz CT molecular complexity index is 936. The molecule has 0 radical (unpaired) electrons. The number of ether oxygens (including phenoxy) is 3. The molecule has 1 aromatic heterocycles. The summed E-state index contributed by atoms with van der Waals surface area (Å²) in [5.74, 6) is -0.814. The molecule has 8 nitrogen and oxygen atoms in total. The van der Waals surface area contributed by atoms with Crippen molar-refractivity contribution in [3.05, 3.63) is 42.5 Å². The van der Waals surface area contributed by atoms with Gasteiger partial charge in [0.25, 0.3) is 0 Å². The molecular formula is C22H25F3N4O4. The summed E-state index contributed by atoms with van der Waals surface area (Å²) in [4.78, 5) is 20.9. The van der Waals surface area contributed by atoms with Gasteiger partial charge in [-0.05, 0) is 31.4 Å². The highest BCUT2D eigenvalue weighted by Gasteiger charge is 2.34. The molecule has 1 N–H and O–H groups in total. The topological polar surface area (TPSA) is 85.8 Å². The molecule has 2 unspecified atom stereocenters. The minimum absolute atomic E-state index is 0.00304. The molecule has 11 heteroatoms. The number of carbonyl (C=O) groups excluding carboxylic acids is 1. The third-order valence-electron chi connectivity index (χ3n) is 5.41. The zero-order chi connectivity index (χ0) is 23.3. The minimum Gasteiger partial charge on any atom is -0.454 e. The summed E-state index contributed by atoms with van der Waals surface area (Å²) in [6, 6.07) is 7.18. The standard InChI is InChI=1S/C22H25F3N4O4/c23-22(24,25)21-26-10-19(11-27-21)33-17-4-1-3-16(9-17)29-7-6-15(12-29)28-20(30)14-31-13-18-5-2-8-32-18/h1,3-4,9-11,15,18H,2,5-8,12-14H2,(H,28,30). The number of aromatic nitrogens is 2. The van der Waals surface area contributed by atoms with Gasteiger partial charge in [-0.15, -0.1) is 0 Å². The van der Waals surface area contributed by atoms with E-state index in [2.05, 4.69) is 20.2 Å². The van der Waals surface area contributed by atoms with Gasteiger partial charge < -0.3 is 24.4 Å². The quantitative estimate of drug-likeness (QED) is 0.640. The lowest BCUT2D eigenvalue weighted by molar-refractivity contribution is -0.145. The molecule has 33 heavy (non-hydrogen) atoms. The van der Waals surface area contributed by atoms with Crippen molar-refractivity contribution in [3.8, 4) is 11.5 Å². The molecule has 1 amide bonds. The maximum atomic E-state index is 12.6. The van der Waals surface area contributed by atoms with Crippen molar-refractivity contribution in [2.75, 3.05) is 37.8 Å². The Labute approximate surface area is 189 Å². The average molecular weight is 466 g/mol. The van der Waals surface area contributed by atoms with Crippen molar-refractivity contribution < 1.29 is 32.2 Å². The second-order valence-electron chi connectivity index (χ2n) is 7.99. The fourth-order valence-corrected chi connectivity index (χ4v) is 3.84. The zero-order valence-electron chi connectivity index (χ0n) is 17.9. The van der Waals surface area contributed by atoms with E-state index in [4.69, 9.17) is 14.2 Å². The third kappa shape index (κ3) is 6.55. The molecule has 0 bridgehead atoms. The second kappa shape index (κ2) is 10.3. The van der Waals surface area contributed by atoms with Crippen LogP contribution in [-0.2, 0) is 20.4 Å². The number of rotatable bonds is 8. The van der Waals surface area contributed by atoms with E-state index < -0.39 is 12.0 Å². The van der Waals surface area contributed by atoms with E-state index in [9.17, 15) is 18.0 Å². The highest BCUT2D eigenvalue weighted by molar-refractivity contribution is 5.77. The van der Waals surface area contributed by atoms with Crippen LogP contribution >= 0.6 is 0 Å². The molecule has 2 aliphatic rings. The number of nitrogens with zero attached hydrogens (tertiary/aromatic N) is 3. The van der Waals surface area contributed by atoms with E-state index >= 15 is 0 Å². The molecule has 2 aliphatic heterocycles. The number of hydrogen-bond donors (Lipinski definition) is 1. The molecule has 2 aromatic rings. The maximum absolute atomic E-state index is 12.6. The van der Waals surface area contributed by atoms with Gasteiger partial charge in [0.2, 0.25) is 11.7 Å². The molecule has 4 rings (SSSR count). The van der Waals surface area contributed by atoms with Crippen LogP contribution in [0.3, 0.4) is 0 Å². The molecule has 2 saturated heterocycles. The van der Waals surface area contributed by atoms with Crippen molar-refractivity contribution >= 4 is 11.6 Å². The van der Waals surface area contributed by atoms with Gasteiger partial charge in [0.15, 0.2) is 5.75 Å². The molecular weight excluding hydrogens is 441 g/mol. The third-order valence-corrected chi connectivity index (χ3v) is 5.41. The van der Waals surface area contributed by atoms with Crippen LogP contribution in [0.5, 0.6) is 11.5 Å². The van der Waals surface area contributed by atoms with E-state index in [1.54, 1.807) is 18.2 Å². The first-order valence-electron chi connectivity index (χ1n) is 10.8. The van der Waals surface area contributed by atoms with Gasteiger partial charge in [-0.2, -0.15) is 13.2 Å². The van der Waals surface area contributed by atoms with Gasteiger partial charge in [-0.1, -0.05) is 6.07 Å². The molecule has 2 atom stereocenters. The largest absolute Gasteiger partial charge is 0.454 e. The van der Waals surface area contributed by atoms with Gasteiger partial charge in [-0.25, -0.2) is 9.97 Å². The number of halogens is 3. The average Bonchev–Trinajstić information content (AvgIpc) is 3.46. The predicted octanol–water partition coefficient (Wildman–Crippen LogP) is 3.18. The molecule has 2 fully saturated rings. The molecule has 0 saturated carbocycles. The highest BCUT2D eigenvalue weighted by Crippen LogP contribution is 2.29. The Morgan fingerprint density at radius 1 is 1.21 bits per heavy atom. The summed E-state index contributed by atoms with van der Waals surface area (Å²) >= 11 is 0. The Hall–Kier alpha value is -2.92. The Kier molecular flexibility index (Phi) is 7.29. The molecule has 0 aliphatic carbocycles. The minimum atomic E-state index is -4.60. The lowest BCUT2D eigenvalue weighted by atomic mass is 10.2. The number of hydrogen-bond acceptors (Lipinski definition) is 7. The summed E-state index contributed by atoms with van der Waals surface area (Å²) in [5.41, 5.74) is 0.881. The van der Waals surface area contributed by atoms with Crippen molar-refractivity contribution in [1.82, 2.24) is 15.3 Å². The van der Waals surface area contributed by atoms with E-state index in [1.807, 2.05) is 6.07 Å². The molecule has 1 aromatic carbocycles. The van der Waals surface area contributed by atoms with Gasteiger partial charge in [0, 0.05) is 37.5 Å². The summed E-state index contributed by atoms with van der Waals surface area (Å²) in [6.45, 7) is 2.57. The van der Waals surface area contributed by atoms with Gasteiger partial charge >= 0.3 is 6.18 Å². The maximum Gasteiger partial charge on any atom is 0.451 e. The number of benzene rings is 1. The summed E-state index contributed by atoms with van der Waals surface area (Å²) in [5, 5.41) is 2.99. The Balaban J connectivity index is 1.26. The number of carbonyl (C=O) groups is 1. The summed E-state index contributed by atoms with van der Waals surface area (Å²) < 4.78 is 54.3. The fraction of sp³-hybridized carbons (Fsp3) is 0.500. The number of anilines is 1. The van der Waals surface area contributed by atoms with Crippen molar-refractivity contribution in [1.29, 1.82) is 0 Å².